The Morgan fingerprint density at radius 1 is 1.02 bits per heavy atom. The van der Waals surface area contributed by atoms with Crippen LogP contribution in [0.3, 0.4) is 0 Å². The number of hydrogen-bond acceptors (Lipinski definition) is 9. The van der Waals surface area contributed by atoms with E-state index in [-0.39, 0.29) is 47.1 Å². The summed E-state index contributed by atoms with van der Waals surface area (Å²) in [6.45, 7) is 3.24. The SMILES string of the molecule is COc1ccccc1C1(N2CC[C@@H](C(=O)N3CCC(O)(Cn4cnc(Oc5ccc(F)cc5)c(N)c4=O)CC3)[C@H](c3ccccc3)C2)COC1. The maximum Gasteiger partial charge on any atom is 0.280 e. The number of aliphatic hydroxyl groups is 1. The Morgan fingerprint density at radius 3 is 2.40 bits per heavy atom. The van der Waals surface area contributed by atoms with Crippen LogP contribution in [-0.4, -0.2) is 82.5 Å². The lowest BCUT2D eigenvalue weighted by molar-refractivity contribution is -0.163. The van der Waals surface area contributed by atoms with Gasteiger partial charge >= 0.3 is 0 Å². The van der Waals surface area contributed by atoms with Crippen molar-refractivity contribution in [2.24, 2.45) is 5.92 Å². The Kier molecular flexibility index (Phi) is 9.34. The number of aromatic nitrogens is 2. The number of hydrogen-bond donors (Lipinski definition) is 2. The molecule has 3 fully saturated rings. The first-order valence-electron chi connectivity index (χ1n) is 17.0. The Balaban J connectivity index is 1.04. The number of likely N-dealkylation sites (tertiary alicyclic amines) is 2. The monoisotopic (exact) mass is 683 g/mol. The summed E-state index contributed by atoms with van der Waals surface area (Å²) in [5.74, 6) is 0.427. The van der Waals surface area contributed by atoms with Crippen molar-refractivity contribution in [1.82, 2.24) is 19.4 Å². The van der Waals surface area contributed by atoms with Crippen LogP contribution in [0.4, 0.5) is 10.1 Å². The van der Waals surface area contributed by atoms with Gasteiger partial charge in [-0.2, -0.15) is 0 Å². The summed E-state index contributed by atoms with van der Waals surface area (Å²) in [7, 11) is 1.69. The van der Waals surface area contributed by atoms with E-state index in [9.17, 15) is 19.1 Å². The fourth-order valence-corrected chi connectivity index (χ4v) is 7.66. The standard InChI is InChI=1S/C38H42FN5O6/c1-48-32-10-6-5-9-31(32)38(23-49-24-38)44-18-15-29(30(21-44)26-7-3-2-4-8-26)35(45)42-19-16-37(47,17-20-42)22-43-25-41-34(33(40)36(43)46)50-28-13-11-27(39)12-14-28/h2-14,25,29-30,47H,15-24,40H2,1H3/t29-,30+/m1/s1. The molecule has 7 rings (SSSR count). The zero-order chi connectivity index (χ0) is 34.9. The van der Waals surface area contributed by atoms with Crippen LogP contribution in [0, 0.1) is 11.7 Å². The zero-order valence-corrected chi connectivity index (χ0v) is 28.0. The minimum atomic E-state index is -1.23. The van der Waals surface area contributed by atoms with Gasteiger partial charge in [0.1, 0.15) is 23.6 Å². The third kappa shape index (κ3) is 6.46. The van der Waals surface area contributed by atoms with Crippen molar-refractivity contribution in [3.63, 3.8) is 0 Å². The number of piperidine rings is 2. The highest BCUT2D eigenvalue weighted by atomic mass is 19.1. The number of rotatable bonds is 9. The summed E-state index contributed by atoms with van der Waals surface area (Å²) >= 11 is 0. The lowest BCUT2D eigenvalue weighted by Crippen LogP contribution is -2.63. The number of nitrogens with two attached hydrogens (primary N) is 1. The molecular formula is C38H42FN5O6. The number of methoxy groups -OCH3 is 1. The number of carbonyl (C=O) groups excluding carboxylic acids is 1. The van der Waals surface area contributed by atoms with Gasteiger partial charge in [-0.1, -0.05) is 48.5 Å². The topological polar surface area (TPSA) is 132 Å². The third-order valence-electron chi connectivity index (χ3n) is 10.6. The smallest absolute Gasteiger partial charge is 0.280 e. The molecule has 262 valence electrons. The number of carbonyl (C=O) groups is 1. The predicted octanol–water partition coefficient (Wildman–Crippen LogP) is 4.15. The second kappa shape index (κ2) is 13.9. The van der Waals surface area contributed by atoms with Crippen LogP contribution in [-0.2, 0) is 21.6 Å². The highest BCUT2D eigenvalue weighted by Crippen LogP contribution is 2.45. The molecule has 1 aromatic heterocycles. The molecule has 2 atom stereocenters. The molecule has 0 saturated carbocycles. The fourth-order valence-electron chi connectivity index (χ4n) is 7.66. The molecule has 0 radical (unpaired) electrons. The van der Waals surface area contributed by atoms with Crippen LogP contribution in [0.1, 0.15) is 36.3 Å². The molecule has 3 saturated heterocycles. The fraction of sp³-hybridized carbons (Fsp3) is 0.395. The van der Waals surface area contributed by atoms with Gasteiger partial charge in [-0.25, -0.2) is 9.37 Å². The summed E-state index contributed by atoms with van der Waals surface area (Å²) in [4.78, 5) is 35.9. The van der Waals surface area contributed by atoms with Crippen molar-refractivity contribution < 1.29 is 28.5 Å². The minimum Gasteiger partial charge on any atom is -0.496 e. The maximum atomic E-state index is 14.3. The highest BCUT2D eigenvalue weighted by Gasteiger charge is 2.51. The molecule has 3 aromatic carbocycles. The van der Waals surface area contributed by atoms with E-state index in [1.165, 1.54) is 35.2 Å². The van der Waals surface area contributed by atoms with E-state index in [0.717, 1.165) is 23.4 Å². The van der Waals surface area contributed by atoms with Crippen molar-refractivity contribution in [3.8, 4) is 17.4 Å². The first-order valence-corrected chi connectivity index (χ1v) is 17.0. The molecule has 1 amide bonds. The van der Waals surface area contributed by atoms with E-state index in [1.54, 1.807) is 7.11 Å². The highest BCUT2D eigenvalue weighted by molar-refractivity contribution is 5.80. The molecule has 50 heavy (non-hydrogen) atoms. The van der Waals surface area contributed by atoms with Gasteiger partial charge in [-0.15, -0.1) is 0 Å². The van der Waals surface area contributed by atoms with Gasteiger partial charge in [-0.05, 0) is 61.7 Å². The quantitative estimate of drug-likeness (QED) is 0.267. The number of nitrogens with zero attached hydrogens (tertiary/aromatic N) is 4. The number of para-hydroxylation sites is 1. The molecule has 3 aliphatic heterocycles. The average molecular weight is 684 g/mol. The number of amides is 1. The van der Waals surface area contributed by atoms with E-state index in [4.69, 9.17) is 19.9 Å². The predicted molar refractivity (Wildman–Crippen MR) is 185 cm³/mol. The number of ether oxygens (including phenoxy) is 3. The van der Waals surface area contributed by atoms with Crippen molar-refractivity contribution in [2.75, 3.05) is 52.2 Å². The van der Waals surface area contributed by atoms with Crippen LogP contribution >= 0.6 is 0 Å². The molecule has 3 N–H and O–H groups in total. The molecule has 0 spiro atoms. The van der Waals surface area contributed by atoms with Crippen LogP contribution in [0.5, 0.6) is 17.4 Å². The average Bonchev–Trinajstić information content (AvgIpc) is 3.12. The Bertz CT molecular complexity index is 1880. The molecule has 4 aromatic rings. The van der Waals surface area contributed by atoms with Crippen LogP contribution in [0.2, 0.25) is 0 Å². The van der Waals surface area contributed by atoms with Crippen molar-refractivity contribution in [1.29, 1.82) is 0 Å². The molecule has 4 heterocycles. The summed E-state index contributed by atoms with van der Waals surface area (Å²) in [5, 5.41) is 11.6. The Labute approximate surface area is 290 Å². The van der Waals surface area contributed by atoms with Crippen molar-refractivity contribution >= 4 is 11.6 Å². The van der Waals surface area contributed by atoms with Gasteiger partial charge in [0, 0.05) is 37.0 Å². The lowest BCUT2D eigenvalue weighted by atomic mass is 9.75. The van der Waals surface area contributed by atoms with E-state index in [2.05, 4.69) is 28.1 Å². The molecule has 3 aliphatic rings. The van der Waals surface area contributed by atoms with Crippen molar-refractivity contribution in [2.45, 2.75) is 42.9 Å². The molecule has 0 aliphatic carbocycles. The summed E-state index contributed by atoms with van der Waals surface area (Å²) in [6, 6.07) is 23.6. The lowest BCUT2D eigenvalue weighted by Gasteiger charge is -2.54. The van der Waals surface area contributed by atoms with Crippen LogP contribution in [0.15, 0.2) is 90.0 Å². The molecule has 11 nitrogen and oxygen atoms in total. The van der Waals surface area contributed by atoms with Gasteiger partial charge < -0.3 is 30.0 Å². The number of anilines is 1. The van der Waals surface area contributed by atoms with Gasteiger partial charge in [0.05, 0.1) is 38.0 Å². The van der Waals surface area contributed by atoms with Crippen LogP contribution < -0.4 is 20.8 Å². The molecular weight excluding hydrogens is 641 g/mol. The van der Waals surface area contributed by atoms with Gasteiger partial charge in [0.2, 0.25) is 11.8 Å². The largest absolute Gasteiger partial charge is 0.496 e. The third-order valence-corrected chi connectivity index (χ3v) is 10.6. The molecule has 0 bridgehead atoms. The summed E-state index contributed by atoms with van der Waals surface area (Å²) in [5.41, 5.74) is 5.97. The van der Waals surface area contributed by atoms with Gasteiger partial charge in [0.25, 0.3) is 5.56 Å². The Morgan fingerprint density at radius 2 is 1.72 bits per heavy atom. The van der Waals surface area contributed by atoms with E-state index in [1.807, 2.05) is 41.3 Å². The van der Waals surface area contributed by atoms with Crippen LogP contribution in [0.25, 0.3) is 0 Å². The molecule has 0 unspecified atom stereocenters. The second-order valence-corrected chi connectivity index (χ2v) is 13.6. The first kappa shape index (κ1) is 33.7. The van der Waals surface area contributed by atoms with E-state index < -0.39 is 17.0 Å². The minimum absolute atomic E-state index is 0.0278. The number of halogens is 1. The van der Waals surface area contributed by atoms with Gasteiger partial charge in [0.15, 0.2) is 5.69 Å². The number of benzene rings is 3. The summed E-state index contributed by atoms with van der Waals surface area (Å²) < 4.78 is 31.7. The first-order chi connectivity index (χ1) is 24.2. The van der Waals surface area contributed by atoms with E-state index in [0.29, 0.717) is 52.1 Å². The normalized spacial score (nSPS) is 21.6. The van der Waals surface area contributed by atoms with Gasteiger partial charge in [-0.3, -0.25) is 19.1 Å². The number of nitrogen functional groups attached to an aromatic ring is 1. The second-order valence-electron chi connectivity index (χ2n) is 13.6. The Hall–Kier alpha value is -4.78. The molecule has 12 heteroatoms. The maximum absolute atomic E-state index is 14.3. The van der Waals surface area contributed by atoms with Crippen molar-refractivity contribution in [3.05, 3.63) is 112 Å². The zero-order valence-electron chi connectivity index (χ0n) is 28.0. The van der Waals surface area contributed by atoms with E-state index >= 15 is 0 Å². The summed E-state index contributed by atoms with van der Waals surface area (Å²) in [6.07, 6.45) is 2.56.